The molecule has 1 atom stereocenters. The fourth-order valence-corrected chi connectivity index (χ4v) is 5.01. The molecule has 2 aromatic carbocycles. The van der Waals surface area contributed by atoms with Crippen LogP contribution in [-0.2, 0) is 27.0 Å². The summed E-state index contributed by atoms with van der Waals surface area (Å²) in [6.45, 7) is 1.32. The Morgan fingerprint density at radius 2 is 1.63 bits per heavy atom. The second kappa shape index (κ2) is 9.15. The van der Waals surface area contributed by atoms with Gasteiger partial charge in [-0.15, -0.1) is 0 Å². The van der Waals surface area contributed by atoms with Gasteiger partial charge in [0.2, 0.25) is 15.9 Å². The first-order chi connectivity index (χ1) is 13.0. The number of nitrogens with one attached hydrogen (secondary N) is 1. The number of piperidine rings is 1. The van der Waals surface area contributed by atoms with Crippen molar-refractivity contribution in [1.29, 1.82) is 0 Å². The smallest absolute Gasteiger partial charge is 0.224 e. The van der Waals surface area contributed by atoms with Gasteiger partial charge in [-0.05, 0) is 30.4 Å². The van der Waals surface area contributed by atoms with Gasteiger partial charge in [-0.1, -0.05) is 60.7 Å². The molecule has 1 fully saturated rings. The SMILES string of the molecule is O=C(NCCc1ccccc1)C1CCCN(S(=O)(=O)Cc2ccccc2)C1. The number of nitrogens with zero attached hydrogens (tertiary/aromatic N) is 1. The van der Waals surface area contributed by atoms with Crippen LogP contribution in [0.25, 0.3) is 0 Å². The number of rotatable bonds is 7. The highest BCUT2D eigenvalue weighted by atomic mass is 32.2. The fourth-order valence-electron chi connectivity index (χ4n) is 3.40. The Morgan fingerprint density at radius 1 is 1.00 bits per heavy atom. The van der Waals surface area contributed by atoms with Crippen LogP contribution in [0.2, 0.25) is 0 Å². The van der Waals surface area contributed by atoms with Crippen molar-refractivity contribution in [2.45, 2.75) is 25.0 Å². The Morgan fingerprint density at radius 3 is 2.30 bits per heavy atom. The van der Waals surface area contributed by atoms with Crippen molar-refractivity contribution < 1.29 is 13.2 Å². The highest BCUT2D eigenvalue weighted by molar-refractivity contribution is 7.88. The zero-order chi connectivity index (χ0) is 19.1. The van der Waals surface area contributed by atoms with E-state index in [0.717, 1.165) is 18.4 Å². The van der Waals surface area contributed by atoms with Crippen molar-refractivity contribution in [2.75, 3.05) is 19.6 Å². The lowest BCUT2D eigenvalue weighted by molar-refractivity contribution is -0.126. The molecule has 6 heteroatoms. The van der Waals surface area contributed by atoms with Crippen LogP contribution in [-0.4, -0.2) is 38.3 Å². The van der Waals surface area contributed by atoms with Gasteiger partial charge < -0.3 is 5.32 Å². The monoisotopic (exact) mass is 386 g/mol. The molecule has 1 unspecified atom stereocenters. The maximum Gasteiger partial charge on any atom is 0.224 e. The molecule has 1 N–H and O–H groups in total. The lowest BCUT2D eigenvalue weighted by atomic mass is 9.99. The van der Waals surface area contributed by atoms with Crippen LogP contribution in [0.1, 0.15) is 24.0 Å². The Hall–Kier alpha value is -2.18. The van der Waals surface area contributed by atoms with Crippen molar-refractivity contribution in [3.05, 3.63) is 71.8 Å². The van der Waals surface area contributed by atoms with E-state index in [1.165, 1.54) is 9.87 Å². The first-order valence-electron chi connectivity index (χ1n) is 9.38. The van der Waals surface area contributed by atoms with E-state index in [1.807, 2.05) is 60.7 Å². The van der Waals surface area contributed by atoms with E-state index in [1.54, 1.807) is 0 Å². The van der Waals surface area contributed by atoms with E-state index in [4.69, 9.17) is 0 Å². The predicted octanol–water partition coefficient (Wildman–Crippen LogP) is 2.59. The molecule has 0 radical (unpaired) electrons. The third-order valence-electron chi connectivity index (χ3n) is 4.90. The van der Waals surface area contributed by atoms with E-state index in [2.05, 4.69) is 5.32 Å². The van der Waals surface area contributed by atoms with Crippen LogP contribution in [0.15, 0.2) is 60.7 Å². The van der Waals surface area contributed by atoms with Gasteiger partial charge in [0.15, 0.2) is 0 Å². The molecule has 5 nitrogen and oxygen atoms in total. The Balaban J connectivity index is 1.52. The summed E-state index contributed by atoms with van der Waals surface area (Å²) in [5.41, 5.74) is 1.94. The summed E-state index contributed by atoms with van der Waals surface area (Å²) in [6, 6.07) is 19.2. The number of sulfonamides is 1. The Kier molecular flexibility index (Phi) is 6.63. The normalized spacial score (nSPS) is 18.1. The molecule has 1 heterocycles. The number of hydrogen-bond acceptors (Lipinski definition) is 3. The molecule has 1 amide bonds. The first-order valence-corrected chi connectivity index (χ1v) is 11.0. The van der Waals surface area contributed by atoms with Gasteiger partial charge in [-0.3, -0.25) is 4.79 Å². The molecule has 144 valence electrons. The van der Waals surface area contributed by atoms with Gasteiger partial charge in [0.05, 0.1) is 11.7 Å². The predicted molar refractivity (Wildman–Crippen MR) is 107 cm³/mol. The van der Waals surface area contributed by atoms with Crippen LogP contribution < -0.4 is 5.32 Å². The van der Waals surface area contributed by atoms with Crippen LogP contribution in [0.5, 0.6) is 0 Å². The van der Waals surface area contributed by atoms with E-state index in [-0.39, 0.29) is 24.1 Å². The standard InChI is InChI=1S/C21H26N2O3S/c24-21(22-14-13-18-8-3-1-4-9-18)20-12-7-15-23(16-20)27(25,26)17-19-10-5-2-6-11-19/h1-6,8-11,20H,7,12-17H2,(H,22,24). The number of hydrogen-bond donors (Lipinski definition) is 1. The van der Waals surface area contributed by atoms with Crippen LogP contribution in [0.4, 0.5) is 0 Å². The molecule has 1 aliphatic rings. The number of carbonyl (C=O) groups is 1. The van der Waals surface area contributed by atoms with Gasteiger partial charge in [-0.25, -0.2) is 12.7 Å². The number of amides is 1. The molecule has 0 spiro atoms. The molecule has 1 aliphatic heterocycles. The van der Waals surface area contributed by atoms with Crippen LogP contribution >= 0.6 is 0 Å². The molecule has 0 bridgehead atoms. The van der Waals surface area contributed by atoms with Crippen molar-refractivity contribution in [3.63, 3.8) is 0 Å². The summed E-state index contributed by atoms with van der Waals surface area (Å²) in [4.78, 5) is 12.5. The highest BCUT2D eigenvalue weighted by Crippen LogP contribution is 2.21. The van der Waals surface area contributed by atoms with Gasteiger partial charge in [-0.2, -0.15) is 0 Å². The van der Waals surface area contributed by atoms with Gasteiger partial charge in [0.1, 0.15) is 0 Å². The summed E-state index contributed by atoms with van der Waals surface area (Å²) in [7, 11) is -3.41. The minimum Gasteiger partial charge on any atom is -0.355 e. The van der Waals surface area contributed by atoms with Crippen LogP contribution in [0.3, 0.4) is 0 Å². The van der Waals surface area contributed by atoms with Crippen molar-refractivity contribution in [1.82, 2.24) is 9.62 Å². The summed E-state index contributed by atoms with van der Waals surface area (Å²) >= 11 is 0. The summed E-state index contributed by atoms with van der Waals surface area (Å²) < 4.78 is 26.9. The third-order valence-corrected chi connectivity index (χ3v) is 6.71. The maximum atomic E-state index is 12.7. The van der Waals surface area contributed by atoms with Crippen molar-refractivity contribution in [2.24, 2.45) is 5.92 Å². The summed E-state index contributed by atoms with van der Waals surface area (Å²) in [5.74, 6) is -0.346. The quantitative estimate of drug-likeness (QED) is 0.795. The molecule has 27 heavy (non-hydrogen) atoms. The molecular formula is C21H26N2O3S. The van der Waals surface area contributed by atoms with Crippen molar-refractivity contribution >= 4 is 15.9 Å². The zero-order valence-corrected chi connectivity index (χ0v) is 16.2. The second-order valence-corrected chi connectivity index (χ2v) is 8.93. The molecule has 3 rings (SSSR count). The summed E-state index contributed by atoms with van der Waals surface area (Å²) in [6.07, 6.45) is 2.22. The number of benzene rings is 2. The number of carbonyl (C=O) groups excluding carboxylic acids is 1. The molecule has 0 aromatic heterocycles. The average molecular weight is 387 g/mol. The molecule has 1 saturated heterocycles. The lowest BCUT2D eigenvalue weighted by Crippen LogP contribution is -2.46. The van der Waals surface area contributed by atoms with E-state index in [9.17, 15) is 13.2 Å². The summed E-state index contributed by atoms with van der Waals surface area (Å²) in [5, 5.41) is 2.96. The molecular weight excluding hydrogens is 360 g/mol. The fraction of sp³-hybridized carbons (Fsp3) is 0.381. The average Bonchev–Trinajstić information content (AvgIpc) is 2.69. The van der Waals surface area contributed by atoms with Gasteiger partial charge in [0.25, 0.3) is 0 Å². The van der Waals surface area contributed by atoms with Crippen molar-refractivity contribution in [3.8, 4) is 0 Å². The topological polar surface area (TPSA) is 66.5 Å². The van der Waals surface area contributed by atoms with E-state index in [0.29, 0.717) is 19.5 Å². The third kappa shape index (κ3) is 5.65. The zero-order valence-electron chi connectivity index (χ0n) is 15.4. The highest BCUT2D eigenvalue weighted by Gasteiger charge is 2.32. The minimum atomic E-state index is -3.41. The Labute approximate surface area is 161 Å². The second-order valence-electron chi connectivity index (χ2n) is 6.97. The lowest BCUT2D eigenvalue weighted by Gasteiger charge is -2.31. The molecule has 2 aromatic rings. The van der Waals surface area contributed by atoms with E-state index >= 15 is 0 Å². The Bertz CT molecular complexity index is 838. The van der Waals surface area contributed by atoms with Gasteiger partial charge >= 0.3 is 0 Å². The molecule has 0 aliphatic carbocycles. The maximum absolute atomic E-state index is 12.7. The molecule has 0 saturated carbocycles. The largest absolute Gasteiger partial charge is 0.355 e. The van der Waals surface area contributed by atoms with Gasteiger partial charge in [0, 0.05) is 19.6 Å². The van der Waals surface area contributed by atoms with E-state index < -0.39 is 10.0 Å². The van der Waals surface area contributed by atoms with Crippen LogP contribution in [0, 0.1) is 5.92 Å². The first kappa shape index (κ1) is 19.6. The minimum absolute atomic E-state index is 0.0177.